The second kappa shape index (κ2) is 20.3. The number of anilines is 1. The smallest absolute Gasteiger partial charge is 0.410 e. The summed E-state index contributed by atoms with van der Waals surface area (Å²) < 4.78 is 33.2. The number of likely N-dealkylation sites (N-methyl/N-ethyl adjacent to an activating group) is 1. The summed E-state index contributed by atoms with van der Waals surface area (Å²) in [4.78, 5) is 46.1. The third-order valence-electron chi connectivity index (χ3n) is 12.7. The van der Waals surface area contributed by atoms with E-state index >= 15 is 0 Å². The first-order valence-corrected chi connectivity index (χ1v) is 21.5. The van der Waals surface area contributed by atoms with E-state index < -0.39 is 65.6 Å². The Balaban J connectivity index is 1.39. The number of aromatic nitrogens is 3. The van der Waals surface area contributed by atoms with Gasteiger partial charge >= 0.3 is 12.1 Å². The molecule has 1 aromatic heterocycles. The lowest BCUT2D eigenvalue weighted by atomic mass is 9.83. The third-order valence-corrected chi connectivity index (χ3v) is 12.7. The number of nitrogens with one attached hydrogen (secondary N) is 1. The van der Waals surface area contributed by atoms with Gasteiger partial charge in [-0.2, -0.15) is 0 Å². The molecular formula is C44H69N7O9. The molecule has 0 radical (unpaired) electrons. The second-order valence-corrected chi connectivity index (χ2v) is 17.7. The number of nitrogens with two attached hydrogens (primary N) is 1. The molecule has 3 saturated heterocycles. The van der Waals surface area contributed by atoms with Gasteiger partial charge in [-0.25, -0.2) is 4.79 Å². The van der Waals surface area contributed by atoms with Gasteiger partial charge in [0.2, 0.25) is 0 Å². The fraction of sp³-hybridized carbons (Fsp3) is 0.705. The Hall–Kier alpha value is -3.93. The third kappa shape index (κ3) is 10.7. The van der Waals surface area contributed by atoms with Crippen LogP contribution in [-0.4, -0.2) is 142 Å². The summed E-state index contributed by atoms with van der Waals surface area (Å²) in [6, 6.07) is 6.42. The number of cyclic esters (lactones) is 1. The first kappa shape index (κ1) is 47.1. The fourth-order valence-electron chi connectivity index (χ4n) is 9.29. The van der Waals surface area contributed by atoms with Crippen LogP contribution in [0.25, 0.3) is 11.3 Å². The number of nitrogen functional groups attached to an aromatic ring is 1. The van der Waals surface area contributed by atoms with Gasteiger partial charge in [-0.15, -0.1) is 11.7 Å². The van der Waals surface area contributed by atoms with E-state index in [4.69, 9.17) is 29.4 Å². The molecule has 334 valence electrons. The average molecular weight is 840 g/mol. The zero-order chi connectivity index (χ0) is 43.9. The number of ketones is 1. The summed E-state index contributed by atoms with van der Waals surface area (Å²) in [5, 5.41) is 23.7. The topological polar surface area (TPSA) is 193 Å². The summed E-state index contributed by atoms with van der Waals surface area (Å²) >= 11 is 0. The van der Waals surface area contributed by atoms with Crippen LogP contribution >= 0.6 is 0 Å². The van der Waals surface area contributed by atoms with Crippen LogP contribution in [0, 0.1) is 11.8 Å². The van der Waals surface area contributed by atoms with Crippen LogP contribution < -0.4 is 11.1 Å². The molecule has 3 aliphatic rings. The number of carbonyl (C=O) groups is 3. The van der Waals surface area contributed by atoms with Crippen molar-refractivity contribution in [2.75, 3.05) is 40.0 Å². The number of nitrogens with zero attached hydrogens (tertiary/aromatic N) is 5. The number of aliphatic hydroxyl groups excluding tert-OH is 1. The minimum Gasteiger partial charge on any atom is -0.457 e. The first-order valence-electron chi connectivity index (χ1n) is 21.5. The molecule has 2 aromatic rings. The molecule has 0 spiro atoms. The van der Waals surface area contributed by atoms with Crippen molar-refractivity contribution >= 4 is 23.5 Å². The number of aliphatic hydroxyl groups is 1. The van der Waals surface area contributed by atoms with E-state index in [0.717, 1.165) is 11.3 Å². The first-order chi connectivity index (χ1) is 28.4. The van der Waals surface area contributed by atoms with Crippen molar-refractivity contribution < 1.29 is 43.2 Å². The zero-order valence-corrected chi connectivity index (χ0v) is 37.0. The summed E-state index contributed by atoms with van der Waals surface area (Å²) in [5.74, 6) is -2.38. The summed E-state index contributed by atoms with van der Waals surface area (Å²) in [6.45, 7) is 16.9. The number of methoxy groups -OCH3 is 1. The van der Waals surface area contributed by atoms with Crippen LogP contribution in [0.3, 0.4) is 0 Å². The molecule has 16 heteroatoms. The maximum atomic E-state index is 14.4. The number of fused-ring (bicyclic) bond motifs is 1. The Labute approximate surface area is 355 Å². The van der Waals surface area contributed by atoms with E-state index in [1.54, 1.807) is 16.7 Å². The molecule has 4 heterocycles. The zero-order valence-electron chi connectivity index (χ0n) is 37.0. The number of hydrogen-bond donors (Lipinski definition) is 3. The number of allylic oxidation sites excluding steroid dienone is 1. The van der Waals surface area contributed by atoms with Crippen LogP contribution in [0.4, 0.5) is 10.5 Å². The summed E-state index contributed by atoms with van der Waals surface area (Å²) in [7, 11) is 5.37. The van der Waals surface area contributed by atoms with Gasteiger partial charge in [0.25, 0.3) is 0 Å². The van der Waals surface area contributed by atoms with Gasteiger partial charge in [-0.05, 0) is 105 Å². The molecule has 3 fully saturated rings. The number of benzene rings is 1. The highest BCUT2D eigenvalue weighted by atomic mass is 16.7. The molecule has 0 aliphatic carbocycles. The molecule has 1 aromatic carbocycles. The lowest BCUT2D eigenvalue weighted by Gasteiger charge is -2.45. The Morgan fingerprint density at radius 1 is 1.15 bits per heavy atom. The van der Waals surface area contributed by atoms with Gasteiger partial charge < -0.3 is 44.7 Å². The van der Waals surface area contributed by atoms with Crippen LogP contribution in [0.2, 0.25) is 0 Å². The van der Waals surface area contributed by atoms with Crippen LogP contribution in [-0.2, 0) is 39.8 Å². The fourth-order valence-corrected chi connectivity index (χ4v) is 9.29. The van der Waals surface area contributed by atoms with Gasteiger partial charge in [0, 0.05) is 50.0 Å². The standard InChI is InChI=1S/C44H69N7O9/c1-11-16-32-35(52)23-37(59-41-38(53)34(49(8)9)21-28(4)57-41)43(6,56-10)24-27(3)25-46-29(5)39-44(7,36(12-2)58-40(32)54)60-42(55)51(39)20-14-13-19-50-26-33(47-48-50)30-17-15-18-31(45)22-30/h11,15,17-18,22,26-29,32,34,36-39,41,46,53H,1,12-14,16,19-21,23-25,45H2,2-10H3/t27-,28?,29-,32-,34?,36-,37-,38?,39-,41+,43-,44-/m1/s1. The molecule has 0 bridgehead atoms. The van der Waals surface area contributed by atoms with E-state index in [0.29, 0.717) is 57.4 Å². The summed E-state index contributed by atoms with van der Waals surface area (Å²) in [6.07, 6.45) is 1.44. The number of aryl methyl sites for hydroxylation is 1. The van der Waals surface area contributed by atoms with Crippen molar-refractivity contribution in [3.63, 3.8) is 0 Å². The van der Waals surface area contributed by atoms with Crippen molar-refractivity contribution in [2.45, 2.75) is 153 Å². The quantitative estimate of drug-likeness (QED) is 0.0834. The largest absolute Gasteiger partial charge is 0.457 e. The lowest BCUT2D eigenvalue weighted by Crippen LogP contribution is -2.61. The molecule has 1 amide bonds. The monoisotopic (exact) mass is 840 g/mol. The highest BCUT2D eigenvalue weighted by Gasteiger charge is 2.58. The maximum absolute atomic E-state index is 14.4. The van der Waals surface area contributed by atoms with Gasteiger partial charge in [-0.1, -0.05) is 37.3 Å². The minimum absolute atomic E-state index is 0.0178. The van der Waals surface area contributed by atoms with E-state index in [-0.39, 0.29) is 36.9 Å². The van der Waals surface area contributed by atoms with Crippen molar-refractivity contribution in [2.24, 2.45) is 11.8 Å². The predicted octanol–water partition coefficient (Wildman–Crippen LogP) is 4.59. The van der Waals surface area contributed by atoms with Gasteiger partial charge in [-0.3, -0.25) is 19.2 Å². The number of carbonyl (C=O) groups excluding carboxylic acids is 3. The van der Waals surface area contributed by atoms with Crippen LogP contribution in [0.5, 0.6) is 0 Å². The Kier molecular flexibility index (Phi) is 15.9. The maximum Gasteiger partial charge on any atom is 0.410 e. The molecule has 12 atom stereocenters. The van der Waals surface area contributed by atoms with Crippen molar-refractivity contribution in [1.82, 2.24) is 30.1 Å². The van der Waals surface area contributed by atoms with Gasteiger partial charge in [0.15, 0.2) is 11.9 Å². The molecule has 4 N–H and O–H groups in total. The van der Waals surface area contributed by atoms with Crippen LogP contribution in [0.1, 0.15) is 86.5 Å². The highest BCUT2D eigenvalue weighted by Crippen LogP contribution is 2.40. The van der Waals surface area contributed by atoms with Gasteiger partial charge in [0.05, 0.1) is 30.0 Å². The molecular weight excluding hydrogens is 771 g/mol. The minimum atomic E-state index is -1.25. The number of rotatable bonds is 13. The normalized spacial score (nSPS) is 34.7. The number of unbranched alkanes of at least 4 members (excludes halogenated alkanes) is 1. The van der Waals surface area contributed by atoms with Crippen molar-refractivity contribution in [3.05, 3.63) is 43.1 Å². The van der Waals surface area contributed by atoms with Gasteiger partial charge in [0.1, 0.15) is 29.6 Å². The molecule has 0 saturated carbocycles. The molecule has 3 aliphatic heterocycles. The van der Waals surface area contributed by atoms with E-state index in [2.05, 4.69) is 29.1 Å². The van der Waals surface area contributed by atoms with E-state index in [1.165, 1.54) is 6.08 Å². The Bertz CT molecular complexity index is 1780. The second-order valence-electron chi connectivity index (χ2n) is 17.7. The number of hydrogen-bond acceptors (Lipinski definition) is 14. The van der Waals surface area contributed by atoms with Crippen molar-refractivity contribution in [3.8, 4) is 11.3 Å². The predicted molar refractivity (Wildman–Crippen MR) is 227 cm³/mol. The summed E-state index contributed by atoms with van der Waals surface area (Å²) in [5.41, 5.74) is 5.92. The lowest BCUT2D eigenvalue weighted by molar-refractivity contribution is -0.289. The Morgan fingerprint density at radius 3 is 2.55 bits per heavy atom. The molecule has 16 nitrogen and oxygen atoms in total. The van der Waals surface area contributed by atoms with E-state index in [1.807, 2.05) is 84.1 Å². The number of Topliss-reactive ketones (excluding diaryl/α,β-unsaturated/α-hetero) is 1. The number of esters is 1. The average Bonchev–Trinajstić information content (AvgIpc) is 3.78. The molecule has 5 rings (SSSR count). The Morgan fingerprint density at radius 2 is 1.88 bits per heavy atom. The van der Waals surface area contributed by atoms with Crippen LogP contribution in [0.15, 0.2) is 43.1 Å². The molecule has 60 heavy (non-hydrogen) atoms. The van der Waals surface area contributed by atoms with E-state index in [9.17, 15) is 19.5 Å². The number of ether oxygens (including phenoxy) is 5. The van der Waals surface area contributed by atoms with Crippen molar-refractivity contribution in [1.29, 1.82) is 0 Å². The SMILES string of the molecule is C=CC[C@@H]1C(=O)C[C@@H](O[C@@H]2OC(C)CC(N(C)C)C2O)[C@](C)(OC)C[C@@H](C)CN[C@H](C)[C@H]2N(CCCCn3cc(-c4cccc(N)c4)nn3)C(=O)O[C@]2(C)[C@@H](CC)OC1=O. The highest BCUT2D eigenvalue weighted by molar-refractivity contribution is 5.99. The number of amides is 1. The molecule has 3 unspecified atom stereocenters.